The molecule has 1 aliphatic rings. The van der Waals surface area contributed by atoms with Gasteiger partial charge in [0.15, 0.2) is 0 Å². The third-order valence-corrected chi connectivity index (χ3v) is 3.80. The molecule has 0 amide bonds. The van der Waals surface area contributed by atoms with E-state index >= 15 is 0 Å². The molecule has 2 unspecified atom stereocenters. The van der Waals surface area contributed by atoms with Crippen molar-refractivity contribution < 1.29 is 19.9 Å². The van der Waals surface area contributed by atoms with Crippen molar-refractivity contribution in [3.63, 3.8) is 0 Å². The third-order valence-electron chi connectivity index (χ3n) is 3.80. The zero-order valence-corrected chi connectivity index (χ0v) is 11.0. The van der Waals surface area contributed by atoms with Crippen LogP contribution in [0.1, 0.15) is 23.7 Å². The lowest BCUT2D eigenvalue weighted by atomic mass is 10.0. The first-order valence-electron chi connectivity index (χ1n) is 6.35. The predicted molar refractivity (Wildman–Crippen MR) is 72.1 cm³/mol. The molecular weight excluding hydrogens is 264 g/mol. The molecule has 20 heavy (non-hydrogen) atoms. The number of carboxylic acids is 1. The van der Waals surface area contributed by atoms with Gasteiger partial charge in [0.05, 0.1) is 23.1 Å². The Morgan fingerprint density at radius 1 is 1.55 bits per heavy atom. The molecule has 0 radical (unpaired) electrons. The van der Waals surface area contributed by atoms with E-state index in [9.17, 15) is 25.1 Å². The van der Waals surface area contributed by atoms with Crippen LogP contribution in [0.5, 0.6) is 0 Å². The smallest absolute Gasteiger partial charge is 0.338 e. The number of benzene rings is 1. The van der Waals surface area contributed by atoms with Crippen LogP contribution in [0.3, 0.4) is 0 Å². The van der Waals surface area contributed by atoms with Crippen molar-refractivity contribution >= 4 is 17.3 Å². The van der Waals surface area contributed by atoms with Gasteiger partial charge in [0.1, 0.15) is 5.69 Å². The Morgan fingerprint density at radius 2 is 2.25 bits per heavy atom. The Hall–Kier alpha value is -2.15. The zero-order chi connectivity index (χ0) is 14.9. The van der Waals surface area contributed by atoms with Gasteiger partial charge in [0.25, 0.3) is 5.69 Å². The summed E-state index contributed by atoms with van der Waals surface area (Å²) < 4.78 is 0. The Morgan fingerprint density at radius 3 is 2.80 bits per heavy atom. The van der Waals surface area contributed by atoms with Gasteiger partial charge in [-0.3, -0.25) is 10.1 Å². The molecule has 2 N–H and O–H groups in total. The summed E-state index contributed by atoms with van der Waals surface area (Å²) in [4.78, 5) is 23.5. The van der Waals surface area contributed by atoms with Crippen LogP contribution in [0.4, 0.5) is 11.4 Å². The van der Waals surface area contributed by atoms with Crippen molar-refractivity contribution in [3.8, 4) is 0 Å². The van der Waals surface area contributed by atoms with Gasteiger partial charge in [-0.2, -0.15) is 0 Å². The highest BCUT2D eigenvalue weighted by molar-refractivity contribution is 5.97. The molecule has 1 aromatic carbocycles. The molecule has 0 aliphatic carbocycles. The van der Waals surface area contributed by atoms with Crippen LogP contribution in [-0.2, 0) is 0 Å². The van der Waals surface area contributed by atoms with E-state index in [0.717, 1.165) is 6.42 Å². The monoisotopic (exact) mass is 280 g/mol. The first-order valence-corrected chi connectivity index (χ1v) is 6.35. The van der Waals surface area contributed by atoms with Crippen molar-refractivity contribution in [2.75, 3.05) is 18.1 Å². The Bertz CT molecular complexity index is 513. The highest BCUT2D eigenvalue weighted by Crippen LogP contribution is 2.38. The number of aliphatic hydroxyl groups excluding tert-OH is 1. The fourth-order valence-electron chi connectivity index (χ4n) is 2.72. The molecule has 7 nitrogen and oxygen atoms in total. The van der Waals surface area contributed by atoms with Crippen LogP contribution in [0.2, 0.25) is 0 Å². The van der Waals surface area contributed by atoms with E-state index in [1.54, 1.807) is 4.90 Å². The molecule has 2 atom stereocenters. The molecular formula is C13H16N2O5. The van der Waals surface area contributed by atoms with Crippen LogP contribution in [0.25, 0.3) is 0 Å². The maximum Gasteiger partial charge on any atom is 0.338 e. The minimum absolute atomic E-state index is 0.0911. The number of aliphatic hydroxyl groups is 1. The lowest BCUT2D eigenvalue weighted by Gasteiger charge is -2.28. The standard InChI is InChI=1S/C13H16N2O5/c1-8-5-6-14(11(8)7-16)12-9(13(17)18)3-2-4-10(12)15(19)20/h2-4,8,11,16H,5-7H2,1H3,(H,17,18). The fourth-order valence-corrected chi connectivity index (χ4v) is 2.72. The number of hydrogen-bond acceptors (Lipinski definition) is 5. The second-order valence-electron chi connectivity index (χ2n) is 4.94. The third kappa shape index (κ3) is 2.32. The van der Waals surface area contributed by atoms with Crippen LogP contribution < -0.4 is 4.90 Å². The molecule has 0 bridgehead atoms. The number of nitrogens with zero attached hydrogens (tertiary/aromatic N) is 2. The van der Waals surface area contributed by atoms with Gasteiger partial charge in [-0.25, -0.2) is 4.79 Å². The van der Waals surface area contributed by atoms with E-state index in [1.807, 2.05) is 6.92 Å². The number of carboxylic acid groups (broad SMARTS) is 1. The van der Waals surface area contributed by atoms with E-state index in [2.05, 4.69) is 0 Å². The highest BCUT2D eigenvalue weighted by atomic mass is 16.6. The van der Waals surface area contributed by atoms with E-state index in [4.69, 9.17) is 0 Å². The van der Waals surface area contributed by atoms with Gasteiger partial charge < -0.3 is 15.1 Å². The zero-order valence-electron chi connectivity index (χ0n) is 11.0. The van der Waals surface area contributed by atoms with Gasteiger partial charge in [0, 0.05) is 12.6 Å². The number of anilines is 1. The lowest BCUT2D eigenvalue weighted by molar-refractivity contribution is -0.384. The molecule has 1 saturated heterocycles. The molecule has 0 aromatic heterocycles. The Balaban J connectivity index is 2.59. The van der Waals surface area contributed by atoms with Crippen LogP contribution >= 0.6 is 0 Å². The van der Waals surface area contributed by atoms with E-state index in [0.29, 0.717) is 6.54 Å². The van der Waals surface area contributed by atoms with Gasteiger partial charge in [-0.05, 0) is 18.4 Å². The summed E-state index contributed by atoms with van der Waals surface area (Å²) in [5.74, 6) is -1.05. The summed E-state index contributed by atoms with van der Waals surface area (Å²) >= 11 is 0. The molecule has 2 rings (SSSR count). The second-order valence-corrected chi connectivity index (χ2v) is 4.94. The number of aromatic carboxylic acids is 1. The maximum atomic E-state index is 11.3. The normalized spacial score (nSPS) is 22.0. The van der Waals surface area contributed by atoms with Crippen molar-refractivity contribution in [1.29, 1.82) is 0 Å². The van der Waals surface area contributed by atoms with Gasteiger partial charge in [0.2, 0.25) is 0 Å². The maximum absolute atomic E-state index is 11.3. The summed E-state index contributed by atoms with van der Waals surface area (Å²) in [6.07, 6.45) is 0.760. The van der Waals surface area contributed by atoms with E-state index in [1.165, 1.54) is 18.2 Å². The number of para-hydroxylation sites is 1. The average molecular weight is 280 g/mol. The van der Waals surface area contributed by atoms with Crippen molar-refractivity contribution in [2.45, 2.75) is 19.4 Å². The van der Waals surface area contributed by atoms with Crippen molar-refractivity contribution in [1.82, 2.24) is 0 Å². The second kappa shape index (κ2) is 5.46. The number of nitro groups is 1. The number of rotatable bonds is 4. The molecule has 1 fully saturated rings. The molecule has 0 saturated carbocycles. The minimum atomic E-state index is -1.21. The van der Waals surface area contributed by atoms with Crippen LogP contribution in [0, 0.1) is 16.0 Å². The van der Waals surface area contributed by atoms with E-state index in [-0.39, 0.29) is 35.5 Å². The minimum Gasteiger partial charge on any atom is -0.478 e. The average Bonchev–Trinajstić information content (AvgIpc) is 2.78. The summed E-state index contributed by atoms with van der Waals surface area (Å²) in [7, 11) is 0. The SMILES string of the molecule is CC1CCN(c2c(C(=O)O)cccc2[N+](=O)[O-])C1CO. The summed E-state index contributed by atoms with van der Waals surface area (Å²) in [6, 6.07) is 3.70. The predicted octanol–water partition coefficient (Wildman–Crippen LogP) is 1.50. The molecule has 108 valence electrons. The van der Waals surface area contributed by atoms with Crippen LogP contribution in [-0.4, -0.2) is 40.3 Å². The highest BCUT2D eigenvalue weighted by Gasteiger charge is 2.36. The van der Waals surface area contributed by atoms with Gasteiger partial charge in [-0.15, -0.1) is 0 Å². The Labute approximate surface area is 115 Å². The first kappa shape index (κ1) is 14.3. The first-order chi connectivity index (χ1) is 9.47. The van der Waals surface area contributed by atoms with Crippen molar-refractivity contribution in [3.05, 3.63) is 33.9 Å². The Kier molecular flexibility index (Phi) is 3.89. The topological polar surface area (TPSA) is 104 Å². The molecule has 7 heteroatoms. The number of carbonyl (C=O) groups is 1. The quantitative estimate of drug-likeness (QED) is 0.639. The van der Waals surface area contributed by atoms with Crippen molar-refractivity contribution in [2.24, 2.45) is 5.92 Å². The number of hydrogen-bond donors (Lipinski definition) is 2. The number of nitro benzene ring substituents is 1. The van der Waals surface area contributed by atoms with E-state index < -0.39 is 10.9 Å². The molecule has 1 heterocycles. The van der Waals surface area contributed by atoms with Crippen LogP contribution in [0.15, 0.2) is 18.2 Å². The largest absolute Gasteiger partial charge is 0.478 e. The molecule has 0 spiro atoms. The summed E-state index contributed by atoms with van der Waals surface area (Å²) in [5.41, 5.74) is -0.252. The molecule has 1 aromatic rings. The van der Waals surface area contributed by atoms with Gasteiger partial charge >= 0.3 is 5.97 Å². The lowest BCUT2D eigenvalue weighted by Crippen LogP contribution is -2.36. The fraction of sp³-hybridized carbons (Fsp3) is 0.462. The summed E-state index contributed by atoms with van der Waals surface area (Å²) in [5, 5.41) is 29.9. The molecule has 1 aliphatic heterocycles. The van der Waals surface area contributed by atoms with Gasteiger partial charge in [-0.1, -0.05) is 13.0 Å². The summed E-state index contributed by atoms with van der Waals surface area (Å²) in [6.45, 7) is 2.28.